The number of carboxylic acids is 1. The lowest BCUT2D eigenvalue weighted by molar-refractivity contribution is -0.138. The van der Waals surface area contributed by atoms with Gasteiger partial charge in [-0.25, -0.2) is 9.97 Å². The Balaban J connectivity index is 2.16. The fraction of sp³-hybridized carbons (Fsp3) is 0.412. The van der Waals surface area contributed by atoms with Crippen LogP contribution in [0.15, 0.2) is 30.9 Å². The monoisotopic (exact) mass is 330 g/mol. The zero-order chi connectivity index (χ0) is 17.9. The van der Waals surface area contributed by atoms with Crippen LogP contribution in [0.4, 0.5) is 5.82 Å². The number of aliphatic carboxylic acids is 1. The first-order valence-corrected chi connectivity index (χ1v) is 7.65. The summed E-state index contributed by atoms with van der Waals surface area (Å²) in [4.78, 5) is 31.8. The number of hydrogen-bond acceptors (Lipinski definition) is 5. The van der Waals surface area contributed by atoms with Gasteiger partial charge in [0.2, 0.25) is 0 Å². The number of nitrogen functional groups attached to an aromatic ring is 1. The Bertz CT molecular complexity index is 729. The second-order valence-corrected chi connectivity index (χ2v) is 6.83. The van der Waals surface area contributed by atoms with Gasteiger partial charge in [-0.15, -0.1) is 0 Å². The Kier molecular flexibility index (Phi) is 5.02. The number of ketones is 1. The minimum absolute atomic E-state index is 0.0565. The zero-order valence-electron chi connectivity index (χ0n) is 14.1. The first-order chi connectivity index (χ1) is 11.2. The number of imidazole rings is 1. The van der Waals surface area contributed by atoms with E-state index < -0.39 is 17.3 Å². The maximum Gasteiger partial charge on any atom is 0.312 e. The molecule has 24 heavy (non-hydrogen) atoms. The minimum Gasteiger partial charge on any atom is -0.481 e. The van der Waals surface area contributed by atoms with Crippen LogP contribution in [-0.2, 0) is 22.6 Å². The number of carbonyl (C=O) groups is 2. The van der Waals surface area contributed by atoms with E-state index in [-0.39, 0.29) is 18.7 Å². The largest absolute Gasteiger partial charge is 0.481 e. The van der Waals surface area contributed by atoms with Crippen molar-refractivity contribution in [3.63, 3.8) is 0 Å². The number of Topliss-reactive ketones (excluding diaryl/α,β-unsaturated/α-hetero) is 1. The first kappa shape index (κ1) is 17.7. The van der Waals surface area contributed by atoms with Crippen molar-refractivity contribution < 1.29 is 14.7 Å². The highest BCUT2D eigenvalue weighted by Crippen LogP contribution is 2.21. The fourth-order valence-corrected chi connectivity index (χ4v) is 2.16. The third-order valence-corrected chi connectivity index (χ3v) is 3.76. The van der Waals surface area contributed by atoms with E-state index in [2.05, 4.69) is 9.97 Å². The Morgan fingerprint density at radius 3 is 2.54 bits per heavy atom. The van der Waals surface area contributed by atoms with Gasteiger partial charge >= 0.3 is 5.97 Å². The van der Waals surface area contributed by atoms with E-state index in [0.29, 0.717) is 11.5 Å². The van der Waals surface area contributed by atoms with Crippen LogP contribution in [0.1, 0.15) is 37.9 Å². The molecule has 0 saturated heterocycles. The lowest BCUT2D eigenvalue weighted by atomic mass is 9.91. The predicted octanol–water partition coefficient (Wildman–Crippen LogP) is 1.89. The summed E-state index contributed by atoms with van der Waals surface area (Å²) in [6.07, 6.45) is 4.93. The highest BCUT2D eigenvalue weighted by atomic mass is 16.4. The van der Waals surface area contributed by atoms with Gasteiger partial charge in [0.1, 0.15) is 11.7 Å². The third-order valence-electron chi connectivity index (χ3n) is 3.76. The summed E-state index contributed by atoms with van der Waals surface area (Å²) in [5, 5.41) is 9.50. The Labute approximate surface area is 140 Å². The average molecular weight is 330 g/mol. The number of aromatic nitrogens is 3. The molecule has 1 unspecified atom stereocenters. The molecule has 7 heteroatoms. The molecule has 2 rings (SSSR count). The standard InChI is InChI=1S/C17H22N4O3/c1-17(2,3)14(22)9-21-8-13(20-10-21)12(16(23)24)6-11-4-5-15(18)19-7-11/h4-5,7-8,10,12H,6,9H2,1-3H3,(H2,18,19)(H,23,24). The fourth-order valence-electron chi connectivity index (χ4n) is 2.16. The number of hydrogen-bond donors (Lipinski definition) is 2. The summed E-state index contributed by atoms with van der Waals surface area (Å²) in [7, 11) is 0. The SMILES string of the molecule is CC(C)(C)C(=O)Cn1cnc(C(Cc2ccc(N)nc2)C(=O)O)c1. The van der Waals surface area contributed by atoms with Crippen molar-refractivity contribution in [2.75, 3.05) is 5.73 Å². The molecule has 0 radical (unpaired) electrons. The van der Waals surface area contributed by atoms with Crippen molar-refractivity contribution in [1.29, 1.82) is 0 Å². The van der Waals surface area contributed by atoms with Crippen LogP contribution < -0.4 is 5.73 Å². The van der Waals surface area contributed by atoms with E-state index in [4.69, 9.17) is 5.73 Å². The highest BCUT2D eigenvalue weighted by molar-refractivity contribution is 5.83. The van der Waals surface area contributed by atoms with Gasteiger partial charge in [-0.2, -0.15) is 0 Å². The molecule has 0 amide bonds. The Hall–Kier alpha value is -2.70. The maximum atomic E-state index is 12.1. The van der Waals surface area contributed by atoms with Crippen LogP contribution in [0.2, 0.25) is 0 Å². The molecule has 1 atom stereocenters. The van der Waals surface area contributed by atoms with Gasteiger partial charge in [0.05, 0.1) is 18.6 Å². The summed E-state index contributed by atoms with van der Waals surface area (Å²) >= 11 is 0. The van der Waals surface area contributed by atoms with Crippen LogP contribution >= 0.6 is 0 Å². The quantitative estimate of drug-likeness (QED) is 0.836. The number of nitrogens with two attached hydrogens (primary N) is 1. The Morgan fingerprint density at radius 2 is 2.00 bits per heavy atom. The van der Waals surface area contributed by atoms with Gasteiger partial charge < -0.3 is 15.4 Å². The molecule has 2 aromatic rings. The number of pyridine rings is 1. The molecule has 2 aromatic heterocycles. The summed E-state index contributed by atoms with van der Waals surface area (Å²) < 4.78 is 1.63. The topological polar surface area (TPSA) is 111 Å². The van der Waals surface area contributed by atoms with Crippen LogP contribution in [0.25, 0.3) is 0 Å². The van der Waals surface area contributed by atoms with E-state index in [0.717, 1.165) is 5.56 Å². The second kappa shape index (κ2) is 6.82. The van der Waals surface area contributed by atoms with Crippen LogP contribution in [0, 0.1) is 5.41 Å². The number of rotatable bonds is 6. The molecule has 0 aliphatic carbocycles. The molecule has 0 saturated carbocycles. The van der Waals surface area contributed by atoms with Crippen molar-refractivity contribution in [2.45, 2.75) is 39.7 Å². The number of nitrogens with zero attached hydrogens (tertiary/aromatic N) is 3. The molecule has 0 aromatic carbocycles. The molecular weight excluding hydrogens is 308 g/mol. The molecule has 0 aliphatic heterocycles. The molecule has 3 N–H and O–H groups in total. The molecule has 0 aliphatic rings. The summed E-state index contributed by atoms with van der Waals surface area (Å²) in [6.45, 7) is 5.72. The molecule has 7 nitrogen and oxygen atoms in total. The normalized spacial score (nSPS) is 12.8. The van der Waals surface area contributed by atoms with Crippen molar-refractivity contribution in [3.8, 4) is 0 Å². The van der Waals surface area contributed by atoms with Gasteiger partial charge in [0, 0.05) is 17.8 Å². The van der Waals surface area contributed by atoms with Crippen molar-refractivity contribution in [1.82, 2.24) is 14.5 Å². The first-order valence-electron chi connectivity index (χ1n) is 7.65. The van der Waals surface area contributed by atoms with Crippen LogP contribution in [0.5, 0.6) is 0 Å². The van der Waals surface area contributed by atoms with Gasteiger partial charge in [-0.05, 0) is 18.1 Å². The minimum atomic E-state index is -0.973. The van der Waals surface area contributed by atoms with E-state index in [1.54, 1.807) is 29.1 Å². The smallest absolute Gasteiger partial charge is 0.312 e. The molecular formula is C17H22N4O3. The van der Waals surface area contributed by atoms with E-state index in [1.165, 1.54) is 6.33 Å². The van der Waals surface area contributed by atoms with Gasteiger partial charge in [-0.3, -0.25) is 9.59 Å². The molecule has 0 bridgehead atoms. The third kappa shape index (κ3) is 4.41. The van der Waals surface area contributed by atoms with Gasteiger partial charge in [-0.1, -0.05) is 26.8 Å². The van der Waals surface area contributed by atoms with E-state index >= 15 is 0 Å². The molecule has 0 fully saturated rings. The van der Waals surface area contributed by atoms with Gasteiger partial charge in [0.15, 0.2) is 5.78 Å². The van der Waals surface area contributed by atoms with Crippen LogP contribution in [-0.4, -0.2) is 31.4 Å². The molecule has 0 spiro atoms. The van der Waals surface area contributed by atoms with E-state index in [9.17, 15) is 14.7 Å². The summed E-state index contributed by atoms with van der Waals surface area (Å²) in [5.74, 6) is -1.34. The lowest BCUT2D eigenvalue weighted by Crippen LogP contribution is -2.24. The van der Waals surface area contributed by atoms with Crippen molar-refractivity contribution >= 4 is 17.6 Å². The molecule has 128 valence electrons. The lowest BCUT2D eigenvalue weighted by Gasteiger charge is -2.16. The summed E-state index contributed by atoms with van der Waals surface area (Å²) in [6, 6.07) is 3.38. The number of carboxylic acid groups (broad SMARTS) is 1. The number of carbonyl (C=O) groups excluding carboxylic acids is 1. The van der Waals surface area contributed by atoms with E-state index in [1.807, 2.05) is 20.8 Å². The van der Waals surface area contributed by atoms with Gasteiger partial charge in [0.25, 0.3) is 0 Å². The van der Waals surface area contributed by atoms with Crippen molar-refractivity contribution in [3.05, 3.63) is 42.1 Å². The maximum absolute atomic E-state index is 12.1. The van der Waals surface area contributed by atoms with Crippen LogP contribution in [0.3, 0.4) is 0 Å². The zero-order valence-corrected chi connectivity index (χ0v) is 14.1. The number of anilines is 1. The predicted molar refractivity (Wildman–Crippen MR) is 89.4 cm³/mol. The second-order valence-electron chi connectivity index (χ2n) is 6.83. The van der Waals surface area contributed by atoms with Crippen molar-refractivity contribution in [2.24, 2.45) is 5.41 Å². The highest BCUT2D eigenvalue weighted by Gasteiger charge is 2.25. The molecule has 2 heterocycles. The summed E-state index contributed by atoms with van der Waals surface area (Å²) in [5.41, 5.74) is 6.26. The average Bonchev–Trinajstić information content (AvgIpc) is 2.93. The Morgan fingerprint density at radius 1 is 1.29 bits per heavy atom.